The molecule has 0 fully saturated rings. The summed E-state index contributed by atoms with van der Waals surface area (Å²) in [5.41, 5.74) is 0.719. The molecule has 0 aromatic carbocycles. The molecule has 1 aromatic rings. The molecule has 18 heavy (non-hydrogen) atoms. The van der Waals surface area contributed by atoms with Gasteiger partial charge < -0.3 is 0 Å². The molecule has 1 heterocycles. The Morgan fingerprint density at radius 1 is 1.33 bits per heavy atom. The number of aromatic nitrogens is 1. The molecule has 0 atom stereocenters. The molecule has 0 unspecified atom stereocenters. The number of rotatable bonds is 6. The van der Waals surface area contributed by atoms with Crippen LogP contribution in [0, 0.1) is 22.7 Å². The number of hydrogen-bond donors (Lipinski definition) is 0. The zero-order chi connectivity index (χ0) is 13.4. The Morgan fingerprint density at radius 3 is 2.67 bits per heavy atom. The monoisotopic (exact) mass is 264 g/mol. The van der Waals surface area contributed by atoms with Gasteiger partial charge in [0.2, 0.25) is 10.0 Å². The van der Waals surface area contributed by atoms with E-state index in [4.69, 9.17) is 10.5 Å². The molecule has 0 amide bonds. The summed E-state index contributed by atoms with van der Waals surface area (Å²) in [5.74, 6) is -0.585. The summed E-state index contributed by atoms with van der Waals surface area (Å²) >= 11 is 0. The van der Waals surface area contributed by atoms with E-state index in [1.54, 1.807) is 30.6 Å². The van der Waals surface area contributed by atoms with Crippen molar-refractivity contribution in [2.75, 3.05) is 12.3 Å². The van der Waals surface area contributed by atoms with Crippen LogP contribution in [-0.4, -0.2) is 30.0 Å². The molecule has 0 bridgehead atoms. The second-order valence-corrected chi connectivity index (χ2v) is 5.49. The summed E-state index contributed by atoms with van der Waals surface area (Å²) in [6, 6.07) is 6.96. The van der Waals surface area contributed by atoms with Crippen LogP contribution in [0.15, 0.2) is 24.5 Å². The maximum absolute atomic E-state index is 11.8. The fourth-order valence-electron chi connectivity index (χ4n) is 1.36. The van der Waals surface area contributed by atoms with Gasteiger partial charge in [-0.05, 0) is 11.6 Å². The molecule has 0 N–H and O–H groups in total. The summed E-state index contributed by atoms with van der Waals surface area (Å²) in [5, 5.41) is 17.0. The van der Waals surface area contributed by atoms with Crippen LogP contribution in [0.25, 0.3) is 0 Å². The normalized spacial score (nSPS) is 10.8. The highest BCUT2D eigenvalue weighted by atomic mass is 32.2. The lowest BCUT2D eigenvalue weighted by molar-refractivity contribution is 0.415. The van der Waals surface area contributed by atoms with E-state index in [-0.39, 0.29) is 19.5 Å². The van der Waals surface area contributed by atoms with Crippen LogP contribution in [0.1, 0.15) is 12.0 Å². The van der Waals surface area contributed by atoms with E-state index in [1.807, 2.05) is 6.07 Å². The van der Waals surface area contributed by atoms with Crippen molar-refractivity contribution in [1.82, 2.24) is 9.29 Å². The lowest BCUT2D eigenvalue weighted by Crippen LogP contribution is -2.33. The van der Waals surface area contributed by atoms with E-state index >= 15 is 0 Å². The molecule has 1 rings (SSSR count). The minimum absolute atomic E-state index is 0.0788. The molecule has 94 valence electrons. The summed E-state index contributed by atoms with van der Waals surface area (Å²) in [7, 11) is -3.65. The highest BCUT2D eigenvalue weighted by molar-refractivity contribution is 7.89. The summed E-state index contributed by atoms with van der Waals surface area (Å²) in [4.78, 5) is 3.89. The summed E-state index contributed by atoms with van der Waals surface area (Å²) in [6.45, 7) is 0.203. The van der Waals surface area contributed by atoms with Crippen LogP contribution in [-0.2, 0) is 16.6 Å². The van der Waals surface area contributed by atoms with Gasteiger partial charge in [-0.15, -0.1) is 0 Å². The van der Waals surface area contributed by atoms with Gasteiger partial charge in [-0.3, -0.25) is 4.98 Å². The predicted octanol–water partition coefficient (Wildman–Crippen LogP) is 0.651. The van der Waals surface area contributed by atoms with Crippen molar-refractivity contribution in [2.24, 2.45) is 0 Å². The number of nitriles is 2. The quantitative estimate of drug-likeness (QED) is 0.751. The van der Waals surface area contributed by atoms with E-state index in [2.05, 4.69) is 4.98 Å². The van der Waals surface area contributed by atoms with Gasteiger partial charge in [0.15, 0.2) is 5.75 Å². The van der Waals surface area contributed by atoms with Gasteiger partial charge in [0.1, 0.15) is 0 Å². The highest BCUT2D eigenvalue weighted by Crippen LogP contribution is 2.09. The number of nitrogens with zero attached hydrogens (tertiary/aromatic N) is 4. The topological polar surface area (TPSA) is 97.8 Å². The minimum atomic E-state index is -3.65. The molecule has 7 heteroatoms. The third-order valence-electron chi connectivity index (χ3n) is 2.20. The molecule has 0 aliphatic rings. The van der Waals surface area contributed by atoms with E-state index in [9.17, 15) is 8.42 Å². The second-order valence-electron chi connectivity index (χ2n) is 3.52. The molecule has 0 saturated carbocycles. The average molecular weight is 264 g/mol. The van der Waals surface area contributed by atoms with Gasteiger partial charge in [0.05, 0.1) is 12.1 Å². The van der Waals surface area contributed by atoms with Crippen molar-refractivity contribution in [1.29, 1.82) is 10.5 Å². The van der Waals surface area contributed by atoms with Crippen LogP contribution < -0.4 is 0 Å². The van der Waals surface area contributed by atoms with E-state index in [0.29, 0.717) is 0 Å². The standard InChI is InChI=1S/C11H12N4O2S/c12-4-2-7-15(18(16,17)8-5-13)10-11-3-1-6-14-9-11/h1,3,6,9H,2,7-8,10H2. The van der Waals surface area contributed by atoms with Crippen molar-refractivity contribution in [3.8, 4) is 12.1 Å². The molecule has 0 saturated heterocycles. The van der Waals surface area contributed by atoms with Gasteiger partial charge in [0, 0.05) is 31.9 Å². The van der Waals surface area contributed by atoms with Crippen LogP contribution >= 0.6 is 0 Å². The third-order valence-corrected chi connectivity index (χ3v) is 3.79. The zero-order valence-corrected chi connectivity index (χ0v) is 10.5. The van der Waals surface area contributed by atoms with Gasteiger partial charge in [0.25, 0.3) is 0 Å². The summed E-state index contributed by atoms with van der Waals surface area (Å²) in [6.07, 6.45) is 3.24. The second kappa shape index (κ2) is 6.70. The predicted molar refractivity (Wildman–Crippen MR) is 64.3 cm³/mol. The molecule has 0 radical (unpaired) electrons. The smallest absolute Gasteiger partial charge is 0.227 e. The van der Waals surface area contributed by atoms with Gasteiger partial charge in [-0.1, -0.05) is 6.07 Å². The number of pyridine rings is 1. The molecule has 0 spiro atoms. The Morgan fingerprint density at radius 2 is 2.11 bits per heavy atom. The molecular weight excluding hydrogens is 252 g/mol. The molecule has 0 aliphatic heterocycles. The lowest BCUT2D eigenvalue weighted by Gasteiger charge is -2.19. The number of sulfonamides is 1. The van der Waals surface area contributed by atoms with Crippen molar-refractivity contribution in [3.63, 3.8) is 0 Å². The Hall–Kier alpha value is -1.96. The van der Waals surface area contributed by atoms with Crippen molar-refractivity contribution < 1.29 is 8.42 Å². The van der Waals surface area contributed by atoms with Crippen LogP contribution in [0.4, 0.5) is 0 Å². The first-order valence-electron chi connectivity index (χ1n) is 5.21. The van der Waals surface area contributed by atoms with Crippen LogP contribution in [0.3, 0.4) is 0 Å². The Bertz CT molecular complexity index is 557. The molecule has 0 aliphatic carbocycles. The van der Waals surface area contributed by atoms with E-state index in [0.717, 1.165) is 9.87 Å². The van der Waals surface area contributed by atoms with Crippen LogP contribution in [0.5, 0.6) is 0 Å². The maximum atomic E-state index is 11.8. The van der Waals surface area contributed by atoms with E-state index in [1.165, 1.54) is 0 Å². The van der Waals surface area contributed by atoms with Gasteiger partial charge >= 0.3 is 0 Å². The first kappa shape index (κ1) is 14.1. The Kier molecular flexibility index (Phi) is 5.25. The fourth-order valence-corrected chi connectivity index (χ4v) is 2.42. The minimum Gasteiger partial charge on any atom is -0.264 e. The highest BCUT2D eigenvalue weighted by Gasteiger charge is 2.21. The molecule has 6 nitrogen and oxygen atoms in total. The Labute approximate surface area is 106 Å². The lowest BCUT2D eigenvalue weighted by atomic mass is 10.3. The van der Waals surface area contributed by atoms with Crippen LogP contribution in [0.2, 0.25) is 0 Å². The van der Waals surface area contributed by atoms with Crippen molar-refractivity contribution in [2.45, 2.75) is 13.0 Å². The van der Waals surface area contributed by atoms with E-state index < -0.39 is 15.8 Å². The average Bonchev–Trinajstić information content (AvgIpc) is 2.35. The first-order valence-corrected chi connectivity index (χ1v) is 6.81. The maximum Gasteiger partial charge on any atom is 0.227 e. The largest absolute Gasteiger partial charge is 0.264 e. The first-order chi connectivity index (χ1) is 8.60. The zero-order valence-electron chi connectivity index (χ0n) is 9.65. The summed E-state index contributed by atoms with van der Waals surface area (Å²) < 4.78 is 24.8. The third kappa shape index (κ3) is 4.13. The van der Waals surface area contributed by atoms with Crippen molar-refractivity contribution in [3.05, 3.63) is 30.1 Å². The number of hydrogen-bond acceptors (Lipinski definition) is 5. The fraction of sp³-hybridized carbons (Fsp3) is 0.364. The van der Waals surface area contributed by atoms with Gasteiger partial charge in [-0.25, -0.2) is 8.42 Å². The van der Waals surface area contributed by atoms with Crippen molar-refractivity contribution >= 4 is 10.0 Å². The molecular formula is C11H12N4O2S. The van der Waals surface area contributed by atoms with Gasteiger partial charge in [-0.2, -0.15) is 14.8 Å². The molecule has 1 aromatic heterocycles. The SMILES string of the molecule is N#CCCN(Cc1cccnc1)S(=O)(=O)CC#N. The Balaban J connectivity index is 2.87.